The minimum absolute atomic E-state index is 0.205. The van der Waals surface area contributed by atoms with Crippen molar-refractivity contribution in [3.05, 3.63) is 51.2 Å². The van der Waals surface area contributed by atoms with Crippen molar-refractivity contribution < 1.29 is 8.78 Å². The standard InChI is InChI=1S/C11H8BrClF2N2/c12-8-4-2-1-3-7(8)6-17-10(13)5-9(16-17)11(14)15/h1-5,11H,6H2. The Morgan fingerprint density at radius 3 is 2.65 bits per heavy atom. The van der Waals surface area contributed by atoms with Gasteiger partial charge in [0, 0.05) is 10.5 Å². The second-order valence-corrected chi connectivity index (χ2v) is 4.68. The molecule has 1 heterocycles. The predicted octanol–water partition coefficient (Wildman–Crippen LogP) is 4.28. The van der Waals surface area contributed by atoms with Crippen molar-refractivity contribution in [2.24, 2.45) is 0 Å². The van der Waals surface area contributed by atoms with Crippen LogP contribution in [-0.4, -0.2) is 9.78 Å². The number of hydrogen-bond donors (Lipinski definition) is 0. The normalized spacial score (nSPS) is 11.1. The van der Waals surface area contributed by atoms with Crippen molar-refractivity contribution in [3.8, 4) is 0 Å². The first-order valence-electron chi connectivity index (χ1n) is 4.82. The first-order valence-corrected chi connectivity index (χ1v) is 6.00. The largest absolute Gasteiger partial charge is 0.282 e. The van der Waals surface area contributed by atoms with E-state index in [9.17, 15) is 8.78 Å². The van der Waals surface area contributed by atoms with E-state index < -0.39 is 6.43 Å². The third kappa shape index (κ3) is 2.84. The fraction of sp³-hybridized carbons (Fsp3) is 0.182. The number of aromatic nitrogens is 2. The van der Waals surface area contributed by atoms with Crippen LogP contribution in [0.25, 0.3) is 0 Å². The average Bonchev–Trinajstić information content (AvgIpc) is 2.64. The number of alkyl halides is 2. The Kier molecular flexibility index (Phi) is 3.79. The quantitative estimate of drug-likeness (QED) is 0.825. The monoisotopic (exact) mass is 320 g/mol. The van der Waals surface area contributed by atoms with Gasteiger partial charge in [-0.2, -0.15) is 5.10 Å². The highest BCUT2D eigenvalue weighted by atomic mass is 79.9. The molecule has 0 aliphatic rings. The van der Waals surface area contributed by atoms with E-state index in [0.29, 0.717) is 6.54 Å². The van der Waals surface area contributed by atoms with Gasteiger partial charge in [0.15, 0.2) is 0 Å². The highest BCUT2D eigenvalue weighted by Crippen LogP contribution is 2.23. The second-order valence-electron chi connectivity index (χ2n) is 3.44. The molecule has 1 aromatic carbocycles. The first kappa shape index (κ1) is 12.5. The summed E-state index contributed by atoms with van der Waals surface area (Å²) >= 11 is 9.22. The van der Waals surface area contributed by atoms with Gasteiger partial charge >= 0.3 is 0 Å². The Bertz CT molecular complexity index is 528. The first-order chi connectivity index (χ1) is 8.08. The zero-order valence-electron chi connectivity index (χ0n) is 8.58. The zero-order valence-corrected chi connectivity index (χ0v) is 10.9. The van der Waals surface area contributed by atoms with Gasteiger partial charge in [-0.3, -0.25) is 0 Å². The summed E-state index contributed by atoms with van der Waals surface area (Å²) in [6.07, 6.45) is -2.60. The van der Waals surface area contributed by atoms with Gasteiger partial charge in [-0.05, 0) is 11.6 Å². The van der Waals surface area contributed by atoms with Crippen LogP contribution >= 0.6 is 27.5 Å². The maximum Gasteiger partial charge on any atom is 0.282 e. The van der Waals surface area contributed by atoms with E-state index >= 15 is 0 Å². The SMILES string of the molecule is FC(F)c1cc(Cl)n(Cc2ccccc2Br)n1. The van der Waals surface area contributed by atoms with Crippen LogP contribution in [0.5, 0.6) is 0 Å². The molecule has 0 saturated heterocycles. The minimum Gasteiger partial charge on any atom is -0.249 e. The van der Waals surface area contributed by atoms with Crippen LogP contribution in [0.2, 0.25) is 5.15 Å². The van der Waals surface area contributed by atoms with Gasteiger partial charge in [-0.25, -0.2) is 13.5 Å². The van der Waals surface area contributed by atoms with E-state index in [-0.39, 0.29) is 10.8 Å². The van der Waals surface area contributed by atoms with Gasteiger partial charge in [0.25, 0.3) is 6.43 Å². The van der Waals surface area contributed by atoms with Crippen LogP contribution in [-0.2, 0) is 6.54 Å². The zero-order chi connectivity index (χ0) is 12.4. The fourth-order valence-electron chi connectivity index (χ4n) is 1.42. The van der Waals surface area contributed by atoms with Gasteiger partial charge in [0.2, 0.25) is 0 Å². The van der Waals surface area contributed by atoms with Crippen molar-refractivity contribution in [2.45, 2.75) is 13.0 Å². The Morgan fingerprint density at radius 2 is 2.06 bits per heavy atom. The van der Waals surface area contributed by atoms with E-state index in [0.717, 1.165) is 10.0 Å². The van der Waals surface area contributed by atoms with Crippen LogP contribution in [0.3, 0.4) is 0 Å². The molecule has 0 radical (unpaired) electrons. The summed E-state index contributed by atoms with van der Waals surface area (Å²) in [6, 6.07) is 8.68. The van der Waals surface area contributed by atoms with Crippen molar-refractivity contribution in [2.75, 3.05) is 0 Å². The molecule has 0 spiro atoms. The molecule has 6 heteroatoms. The molecule has 2 nitrogen and oxygen atoms in total. The summed E-state index contributed by atoms with van der Waals surface area (Å²) in [6.45, 7) is 0.354. The van der Waals surface area contributed by atoms with Crippen molar-refractivity contribution in [3.63, 3.8) is 0 Å². The molecular formula is C11H8BrClF2N2. The Labute approximate surface area is 110 Å². The fourth-order valence-corrected chi connectivity index (χ4v) is 2.04. The molecule has 2 rings (SSSR count). The summed E-state index contributed by atoms with van der Waals surface area (Å²) in [7, 11) is 0. The molecule has 0 saturated carbocycles. The minimum atomic E-state index is -2.60. The van der Waals surface area contributed by atoms with Gasteiger partial charge in [-0.1, -0.05) is 45.7 Å². The Hall–Kier alpha value is -0.940. The highest BCUT2D eigenvalue weighted by molar-refractivity contribution is 9.10. The molecule has 0 aliphatic heterocycles. The van der Waals surface area contributed by atoms with Gasteiger partial charge in [0.05, 0.1) is 6.54 Å². The van der Waals surface area contributed by atoms with Gasteiger partial charge < -0.3 is 0 Å². The number of hydrogen-bond acceptors (Lipinski definition) is 1. The lowest BCUT2D eigenvalue weighted by molar-refractivity contribution is 0.145. The summed E-state index contributed by atoms with van der Waals surface area (Å²) in [4.78, 5) is 0. The molecule has 0 amide bonds. The van der Waals surface area contributed by atoms with Crippen LogP contribution < -0.4 is 0 Å². The van der Waals surface area contributed by atoms with Gasteiger partial charge in [0.1, 0.15) is 10.8 Å². The van der Waals surface area contributed by atoms with Crippen LogP contribution in [0.1, 0.15) is 17.7 Å². The van der Waals surface area contributed by atoms with E-state index in [1.165, 1.54) is 10.7 Å². The summed E-state index contributed by atoms with van der Waals surface area (Å²) in [5.41, 5.74) is 0.625. The maximum atomic E-state index is 12.4. The third-order valence-corrected chi connectivity index (χ3v) is 3.33. The number of halogens is 4. The van der Waals surface area contributed by atoms with E-state index in [1.54, 1.807) is 0 Å². The third-order valence-electron chi connectivity index (χ3n) is 2.25. The molecule has 0 atom stereocenters. The molecule has 0 N–H and O–H groups in total. The number of nitrogens with zero attached hydrogens (tertiary/aromatic N) is 2. The summed E-state index contributed by atoms with van der Waals surface area (Å²) < 4.78 is 27.1. The number of rotatable bonds is 3. The maximum absolute atomic E-state index is 12.4. The molecule has 1 aromatic heterocycles. The molecule has 0 fully saturated rings. The lowest BCUT2D eigenvalue weighted by Crippen LogP contribution is -2.03. The van der Waals surface area contributed by atoms with E-state index in [4.69, 9.17) is 11.6 Å². The van der Waals surface area contributed by atoms with Crippen molar-refractivity contribution >= 4 is 27.5 Å². The molecule has 0 aliphatic carbocycles. The molecular weight excluding hydrogens is 313 g/mol. The second kappa shape index (κ2) is 5.14. The Morgan fingerprint density at radius 1 is 1.35 bits per heavy atom. The lowest BCUT2D eigenvalue weighted by Gasteiger charge is -2.05. The summed E-state index contributed by atoms with van der Waals surface area (Å²) in [5.74, 6) is 0. The Balaban J connectivity index is 2.27. The molecule has 0 bridgehead atoms. The van der Waals surface area contributed by atoms with Crippen molar-refractivity contribution in [1.82, 2.24) is 9.78 Å². The van der Waals surface area contributed by atoms with Crippen LogP contribution in [0.4, 0.5) is 8.78 Å². The topological polar surface area (TPSA) is 17.8 Å². The van der Waals surface area contributed by atoms with Crippen LogP contribution in [0, 0.1) is 0 Å². The lowest BCUT2D eigenvalue weighted by atomic mass is 10.2. The smallest absolute Gasteiger partial charge is 0.249 e. The average molecular weight is 322 g/mol. The molecule has 0 unspecified atom stereocenters. The predicted molar refractivity (Wildman–Crippen MR) is 65.4 cm³/mol. The molecule has 17 heavy (non-hydrogen) atoms. The van der Waals surface area contributed by atoms with Gasteiger partial charge in [-0.15, -0.1) is 0 Å². The van der Waals surface area contributed by atoms with E-state index in [2.05, 4.69) is 21.0 Å². The highest BCUT2D eigenvalue weighted by Gasteiger charge is 2.14. The van der Waals surface area contributed by atoms with E-state index in [1.807, 2.05) is 24.3 Å². The van der Waals surface area contributed by atoms with Crippen LogP contribution in [0.15, 0.2) is 34.8 Å². The number of benzene rings is 1. The summed E-state index contributed by atoms with van der Waals surface area (Å²) in [5, 5.41) is 3.96. The van der Waals surface area contributed by atoms with Crippen molar-refractivity contribution in [1.29, 1.82) is 0 Å². The molecule has 2 aromatic rings. The molecule has 90 valence electrons.